The SMILES string of the molecule is C=CCCC1(CC(=O)/C=C/C)[C@@H]2C=C[C@H]1CC2. The Bertz CT molecular complexity index is 348. The molecule has 17 heavy (non-hydrogen) atoms. The van der Waals surface area contributed by atoms with Crippen molar-refractivity contribution in [1.82, 2.24) is 0 Å². The van der Waals surface area contributed by atoms with E-state index in [1.165, 1.54) is 12.8 Å². The number of fused-ring (bicyclic) bond motifs is 2. The lowest BCUT2D eigenvalue weighted by atomic mass is 9.69. The van der Waals surface area contributed by atoms with Gasteiger partial charge in [-0.3, -0.25) is 4.79 Å². The molecule has 2 aliphatic rings. The zero-order chi connectivity index (χ0) is 12.3. The normalized spacial score (nSPS) is 34.6. The summed E-state index contributed by atoms with van der Waals surface area (Å²) in [4.78, 5) is 11.9. The van der Waals surface area contributed by atoms with Gasteiger partial charge >= 0.3 is 0 Å². The van der Waals surface area contributed by atoms with E-state index >= 15 is 0 Å². The zero-order valence-electron chi connectivity index (χ0n) is 10.7. The van der Waals surface area contributed by atoms with Crippen LogP contribution in [0.2, 0.25) is 0 Å². The molecule has 1 fully saturated rings. The molecular weight excluding hydrogens is 208 g/mol. The van der Waals surface area contributed by atoms with E-state index in [0.29, 0.717) is 18.3 Å². The Morgan fingerprint density at radius 2 is 2.06 bits per heavy atom. The summed E-state index contributed by atoms with van der Waals surface area (Å²) >= 11 is 0. The van der Waals surface area contributed by atoms with Crippen LogP contribution in [0.1, 0.15) is 39.0 Å². The van der Waals surface area contributed by atoms with Crippen molar-refractivity contribution in [1.29, 1.82) is 0 Å². The van der Waals surface area contributed by atoms with E-state index in [4.69, 9.17) is 0 Å². The third-order valence-corrected chi connectivity index (χ3v) is 4.51. The summed E-state index contributed by atoms with van der Waals surface area (Å²) < 4.78 is 0. The van der Waals surface area contributed by atoms with Gasteiger partial charge < -0.3 is 0 Å². The molecule has 0 amide bonds. The standard InChI is InChI=1S/C16H22O/c1-3-5-11-16(12-15(17)6-4-2)13-7-8-14(16)10-9-13/h3-4,6-8,13-14H,1,5,9-12H2,2H3/b6-4+/t13-,14+,16?. The summed E-state index contributed by atoms with van der Waals surface area (Å²) in [6.45, 7) is 5.73. The Morgan fingerprint density at radius 1 is 1.41 bits per heavy atom. The first kappa shape index (κ1) is 12.3. The Hall–Kier alpha value is -1.11. The van der Waals surface area contributed by atoms with E-state index in [0.717, 1.165) is 12.8 Å². The van der Waals surface area contributed by atoms with E-state index in [1.54, 1.807) is 6.08 Å². The molecular formula is C16H22O. The highest BCUT2D eigenvalue weighted by atomic mass is 16.1. The van der Waals surface area contributed by atoms with Crippen LogP contribution in [-0.4, -0.2) is 5.78 Å². The van der Waals surface area contributed by atoms with Crippen molar-refractivity contribution in [3.8, 4) is 0 Å². The van der Waals surface area contributed by atoms with Crippen molar-refractivity contribution in [2.45, 2.75) is 39.0 Å². The highest BCUT2D eigenvalue weighted by Gasteiger charge is 2.51. The van der Waals surface area contributed by atoms with Crippen LogP contribution in [0.25, 0.3) is 0 Å². The summed E-state index contributed by atoms with van der Waals surface area (Å²) in [5, 5.41) is 0. The highest BCUT2D eigenvalue weighted by Crippen LogP contribution is 2.58. The maximum Gasteiger partial charge on any atom is 0.155 e. The molecule has 0 aromatic rings. The first-order valence-corrected chi connectivity index (χ1v) is 6.67. The maximum atomic E-state index is 11.9. The smallest absolute Gasteiger partial charge is 0.155 e. The summed E-state index contributed by atoms with van der Waals surface area (Å²) in [7, 11) is 0. The average Bonchev–Trinajstić information content (AvgIpc) is 2.82. The third kappa shape index (κ3) is 2.15. The maximum absolute atomic E-state index is 11.9. The molecule has 1 heteroatoms. The van der Waals surface area contributed by atoms with Gasteiger partial charge in [-0.1, -0.05) is 24.3 Å². The lowest BCUT2D eigenvalue weighted by molar-refractivity contribution is -0.117. The second-order valence-electron chi connectivity index (χ2n) is 5.38. The molecule has 1 saturated carbocycles. The second-order valence-corrected chi connectivity index (χ2v) is 5.38. The van der Waals surface area contributed by atoms with Crippen LogP contribution in [-0.2, 0) is 4.79 Å². The van der Waals surface area contributed by atoms with Crippen LogP contribution in [0.3, 0.4) is 0 Å². The molecule has 0 radical (unpaired) electrons. The highest BCUT2D eigenvalue weighted by molar-refractivity contribution is 5.90. The molecule has 0 aliphatic heterocycles. The molecule has 1 nitrogen and oxygen atoms in total. The van der Waals surface area contributed by atoms with Gasteiger partial charge in [0.1, 0.15) is 0 Å². The summed E-state index contributed by atoms with van der Waals surface area (Å²) in [6.07, 6.45) is 15.7. The quantitative estimate of drug-likeness (QED) is 0.496. The van der Waals surface area contributed by atoms with Crippen LogP contribution >= 0.6 is 0 Å². The number of allylic oxidation sites excluding steroid dienone is 5. The van der Waals surface area contributed by atoms with Gasteiger partial charge in [0.2, 0.25) is 0 Å². The van der Waals surface area contributed by atoms with Gasteiger partial charge in [0.05, 0.1) is 0 Å². The lowest BCUT2D eigenvalue weighted by Crippen LogP contribution is -2.29. The Balaban J connectivity index is 2.14. The molecule has 0 heterocycles. The Kier molecular flexibility index (Phi) is 3.66. The fraction of sp³-hybridized carbons (Fsp3) is 0.562. The summed E-state index contributed by atoms with van der Waals surface area (Å²) in [6, 6.07) is 0. The molecule has 1 unspecified atom stereocenters. The number of hydrogen-bond donors (Lipinski definition) is 0. The molecule has 2 aliphatic carbocycles. The van der Waals surface area contributed by atoms with Crippen molar-refractivity contribution >= 4 is 5.78 Å². The van der Waals surface area contributed by atoms with E-state index in [-0.39, 0.29) is 11.2 Å². The minimum atomic E-state index is 0.213. The minimum absolute atomic E-state index is 0.213. The van der Waals surface area contributed by atoms with Gasteiger partial charge in [0.15, 0.2) is 5.78 Å². The topological polar surface area (TPSA) is 17.1 Å². The van der Waals surface area contributed by atoms with E-state index in [1.807, 2.05) is 19.1 Å². The zero-order valence-corrected chi connectivity index (χ0v) is 10.7. The first-order valence-electron chi connectivity index (χ1n) is 6.67. The van der Waals surface area contributed by atoms with E-state index in [2.05, 4.69) is 18.7 Å². The summed E-state index contributed by atoms with van der Waals surface area (Å²) in [5.74, 6) is 1.54. The molecule has 2 rings (SSSR count). The number of ketones is 1. The van der Waals surface area contributed by atoms with Crippen molar-refractivity contribution < 1.29 is 4.79 Å². The van der Waals surface area contributed by atoms with E-state index < -0.39 is 0 Å². The molecule has 3 atom stereocenters. The molecule has 2 bridgehead atoms. The molecule has 92 valence electrons. The monoisotopic (exact) mass is 230 g/mol. The Labute approximate surface area is 104 Å². The number of carbonyl (C=O) groups is 1. The van der Waals surface area contributed by atoms with Crippen LogP contribution in [0.15, 0.2) is 37.0 Å². The van der Waals surface area contributed by atoms with Crippen molar-refractivity contribution in [2.24, 2.45) is 17.3 Å². The van der Waals surface area contributed by atoms with Crippen molar-refractivity contribution in [2.75, 3.05) is 0 Å². The van der Waals surface area contributed by atoms with Crippen LogP contribution in [0.4, 0.5) is 0 Å². The number of rotatable bonds is 6. The predicted octanol–water partition coefficient (Wildman–Crippen LogP) is 4.07. The second kappa shape index (κ2) is 5.03. The van der Waals surface area contributed by atoms with Gasteiger partial charge in [-0.15, -0.1) is 6.58 Å². The first-order chi connectivity index (χ1) is 8.23. The van der Waals surface area contributed by atoms with Crippen LogP contribution in [0, 0.1) is 17.3 Å². The van der Waals surface area contributed by atoms with Gasteiger partial charge in [-0.25, -0.2) is 0 Å². The minimum Gasteiger partial charge on any atom is -0.295 e. The summed E-state index contributed by atoms with van der Waals surface area (Å²) in [5.41, 5.74) is 0.213. The third-order valence-electron chi connectivity index (χ3n) is 4.51. The van der Waals surface area contributed by atoms with Gasteiger partial charge in [0.25, 0.3) is 0 Å². The molecule has 0 aromatic heterocycles. The fourth-order valence-electron chi connectivity index (χ4n) is 3.71. The van der Waals surface area contributed by atoms with Crippen molar-refractivity contribution in [3.05, 3.63) is 37.0 Å². The molecule has 0 spiro atoms. The Morgan fingerprint density at radius 3 is 2.53 bits per heavy atom. The molecule has 0 saturated heterocycles. The lowest BCUT2D eigenvalue weighted by Gasteiger charge is -2.34. The van der Waals surface area contributed by atoms with Crippen LogP contribution in [0.5, 0.6) is 0 Å². The van der Waals surface area contributed by atoms with Gasteiger partial charge in [0, 0.05) is 6.42 Å². The largest absolute Gasteiger partial charge is 0.295 e. The van der Waals surface area contributed by atoms with E-state index in [9.17, 15) is 4.79 Å². The van der Waals surface area contributed by atoms with Crippen molar-refractivity contribution in [3.63, 3.8) is 0 Å². The molecule has 0 aromatic carbocycles. The fourth-order valence-corrected chi connectivity index (χ4v) is 3.71. The van der Waals surface area contributed by atoms with Gasteiger partial charge in [-0.2, -0.15) is 0 Å². The predicted molar refractivity (Wildman–Crippen MR) is 71.7 cm³/mol. The number of carbonyl (C=O) groups excluding carboxylic acids is 1. The van der Waals surface area contributed by atoms with Gasteiger partial charge in [-0.05, 0) is 55.9 Å². The number of hydrogen-bond acceptors (Lipinski definition) is 1. The molecule has 0 N–H and O–H groups in total. The average molecular weight is 230 g/mol. The van der Waals surface area contributed by atoms with Crippen LogP contribution < -0.4 is 0 Å².